The van der Waals surface area contributed by atoms with Gasteiger partial charge in [-0.3, -0.25) is 0 Å². The van der Waals surface area contributed by atoms with Crippen molar-refractivity contribution in [3.05, 3.63) is 57.3 Å². The Balaban J connectivity index is 2.11. The van der Waals surface area contributed by atoms with Crippen molar-refractivity contribution in [2.24, 2.45) is 0 Å². The minimum Gasteiger partial charge on any atom is -0.398 e. The van der Waals surface area contributed by atoms with Crippen molar-refractivity contribution >= 4 is 45.0 Å². The highest BCUT2D eigenvalue weighted by molar-refractivity contribution is 9.10. The average Bonchev–Trinajstić information content (AvgIpc) is 2.34. The van der Waals surface area contributed by atoms with Gasteiger partial charge in [0.05, 0.1) is 5.02 Å². The van der Waals surface area contributed by atoms with Crippen molar-refractivity contribution in [3.63, 3.8) is 0 Å². The predicted molar refractivity (Wildman–Crippen MR) is 79.5 cm³/mol. The quantitative estimate of drug-likeness (QED) is 0.617. The van der Waals surface area contributed by atoms with Crippen LogP contribution in [-0.4, -0.2) is 0 Å². The van der Waals surface area contributed by atoms with Gasteiger partial charge in [-0.05, 0) is 35.9 Å². The zero-order valence-electron chi connectivity index (χ0n) is 9.29. The van der Waals surface area contributed by atoms with Crippen LogP contribution in [0.3, 0.4) is 0 Å². The largest absolute Gasteiger partial charge is 0.398 e. The molecular weight excluding hydrogens is 337 g/mol. The van der Waals surface area contributed by atoms with Gasteiger partial charge >= 0.3 is 0 Å². The fraction of sp³-hybridized carbons (Fsp3) is 0.0769. The highest BCUT2D eigenvalue weighted by atomic mass is 79.9. The lowest BCUT2D eigenvalue weighted by atomic mass is 10.2. The predicted octanol–water partition coefficient (Wildman–Crippen LogP) is 5.12. The van der Waals surface area contributed by atoms with Crippen molar-refractivity contribution < 1.29 is 4.39 Å². The molecule has 0 amide bonds. The molecule has 2 rings (SSSR count). The van der Waals surface area contributed by atoms with E-state index in [-0.39, 0.29) is 5.02 Å². The summed E-state index contributed by atoms with van der Waals surface area (Å²) in [5.74, 6) is 0.256. The fourth-order valence-electron chi connectivity index (χ4n) is 1.42. The van der Waals surface area contributed by atoms with Gasteiger partial charge in [-0.1, -0.05) is 33.6 Å². The van der Waals surface area contributed by atoms with E-state index < -0.39 is 5.82 Å². The van der Waals surface area contributed by atoms with Crippen LogP contribution in [0.5, 0.6) is 0 Å². The molecule has 1 nitrogen and oxygen atoms in total. The van der Waals surface area contributed by atoms with Crippen molar-refractivity contribution in [3.8, 4) is 0 Å². The van der Waals surface area contributed by atoms with E-state index in [1.54, 1.807) is 17.8 Å². The number of thioether (sulfide) groups is 1. The Morgan fingerprint density at radius 2 is 2.00 bits per heavy atom. The first-order valence-electron chi connectivity index (χ1n) is 5.18. The number of nitrogen functional groups attached to an aromatic ring is 1. The summed E-state index contributed by atoms with van der Waals surface area (Å²) >= 11 is 10.6. The lowest BCUT2D eigenvalue weighted by Crippen LogP contribution is -1.89. The van der Waals surface area contributed by atoms with E-state index in [2.05, 4.69) is 15.9 Å². The summed E-state index contributed by atoms with van der Waals surface area (Å²) < 4.78 is 14.2. The van der Waals surface area contributed by atoms with Gasteiger partial charge in [0.25, 0.3) is 0 Å². The lowest BCUT2D eigenvalue weighted by molar-refractivity contribution is 0.627. The van der Waals surface area contributed by atoms with Crippen molar-refractivity contribution in [2.75, 3.05) is 5.73 Å². The van der Waals surface area contributed by atoms with Crippen molar-refractivity contribution in [1.82, 2.24) is 0 Å². The van der Waals surface area contributed by atoms with Crippen LogP contribution < -0.4 is 5.73 Å². The van der Waals surface area contributed by atoms with E-state index in [9.17, 15) is 4.39 Å². The van der Waals surface area contributed by atoms with Gasteiger partial charge in [0.2, 0.25) is 0 Å². The van der Waals surface area contributed by atoms with Crippen LogP contribution in [0.15, 0.2) is 45.8 Å². The first-order chi connectivity index (χ1) is 8.56. The molecule has 2 N–H and O–H groups in total. The molecule has 0 radical (unpaired) electrons. The molecule has 0 fully saturated rings. The Morgan fingerprint density at radius 1 is 1.22 bits per heavy atom. The van der Waals surface area contributed by atoms with E-state index in [1.165, 1.54) is 6.07 Å². The average molecular weight is 347 g/mol. The van der Waals surface area contributed by atoms with Crippen molar-refractivity contribution in [1.29, 1.82) is 0 Å². The highest BCUT2D eigenvalue weighted by Crippen LogP contribution is 2.31. The maximum atomic E-state index is 13.3. The van der Waals surface area contributed by atoms with Gasteiger partial charge < -0.3 is 5.73 Å². The zero-order valence-corrected chi connectivity index (χ0v) is 12.4. The molecule has 0 atom stereocenters. The molecule has 0 saturated heterocycles. The molecule has 94 valence electrons. The third-order valence-corrected chi connectivity index (χ3v) is 4.30. The number of hydrogen-bond donors (Lipinski definition) is 1. The standard InChI is InChI=1S/C13H10BrClFNS/c14-9-2-4-12(17)13(6-9)18-7-8-1-3-10(15)11(16)5-8/h1-6H,7,17H2. The zero-order chi connectivity index (χ0) is 13.1. The van der Waals surface area contributed by atoms with Crippen LogP contribution >= 0.6 is 39.3 Å². The van der Waals surface area contributed by atoms with Crippen LogP contribution in [0.2, 0.25) is 5.02 Å². The number of hydrogen-bond acceptors (Lipinski definition) is 2. The second-order valence-electron chi connectivity index (χ2n) is 3.72. The Labute approximate surface area is 123 Å². The molecule has 18 heavy (non-hydrogen) atoms. The molecule has 5 heteroatoms. The molecular formula is C13H10BrClFNS. The topological polar surface area (TPSA) is 26.0 Å². The van der Waals surface area contributed by atoms with Crippen LogP contribution in [0.1, 0.15) is 5.56 Å². The summed E-state index contributed by atoms with van der Waals surface area (Å²) in [6, 6.07) is 10.5. The molecule has 0 unspecified atom stereocenters. The van der Waals surface area contributed by atoms with Gasteiger partial charge in [-0.25, -0.2) is 4.39 Å². The van der Waals surface area contributed by atoms with Crippen LogP contribution in [0, 0.1) is 5.82 Å². The summed E-state index contributed by atoms with van der Waals surface area (Å²) in [4.78, 5) is 0.972. The number of benzene rings is 2. The summed E-state index contributed by atoms with van der Waals surface area (Å²) in [6.45, 7) is 0. The van der Waals surface area contributed by atoms with E-state index >= 15 is 0 Å². The Kier molecular flexibility index (Phi) is 4.54. The third kappa shape index (κ3) is 3.40. The Hall–Kier alpha value is -0.710. The Bertz CT molecular complexity index is 577. The molecule has 2 aromatic rings. The van der Waals surface area contributed by atoms with Crippen molar-refractivity contribution in [2.45, 2.75) is 10.6 Å². The minimum absolute atomic E-state index is 0.144. The first kappa shape index (κ1) is 13.7. The molecule has 0 aliphatic carbocycles. The summed E-state index contributed by atoms with van der Waals surface area (Å²) in [7, 11) is 0. The molecule has 0 saturated carbocycles. The van der Waals surface area contributed by atoms with Gasteiger partial charge in [0.1, 0.15) is 5.82 Å². The third-order valence-electron chi connectivity index (χ3n) is 2.35. The van der Waals surface area contributed by atoms with Gasteiger partial charge in [0, 0.05) is 20.8 Å². The normalized spacial score (nSPS) is 10.6. The number of halogens is 3. The minimum atomic E-state index is -0.392. The Morgan fingerprint density at radius 3 is 2.72 bits per heavy atom. The molecule has 0 aliphatic heterocycles. The van der Waals surface area contributed by atoms with Gasteiger partial charge in [0.15, 0.2) is 0 Å². The number of nitrogens with two attached hydrogens (primary N) is 1. The van der Waals surface area contributed by atoms with Crippen LogP contribution in [-0.2, 0) is 5.75 Å². The SMILES string of the molecule is Nc1ccc(Br)cc1SCc1ccc(Cl)c(F)c1. The molecule has 0 aromatic heterocycles. The second kappa shape index (κ2) is 5.95. The molecule has 0 heterocycles. The fourth-order valence-corrected chi connectivity index (χ4v) is 3.00. The molecule has 0 bridgehead atoms. The van der Waals surface area contributed by atoms with E-state index in [0.29, 0.717) is 5.75 Å². The maximum Gasteiger partial charge on any atom is 0.142 e. The van der Waals surface area contributed by atoms with E-state index in [1.807, 2.05) is 24.3 Å². The smallest absolute Gasteiger partial charge is 0.142 e. The molecule has 2 aromatic carbocycles. The van der Waals surface area contributed by atoms with Gasteiger partial charge in [-0.2, -0.15) is 0 Å². The lowest BCUT2D eigenvalue weighted by Gasteiger charge is -2.06. The molecule has 0 spiro atoms. The first-order valence-corrected chi connectivity index (χ1v) is 7.33. The monoisotopic (exact) mass is 345 g/mol. The maximum absolute atomic E-state index is 13.3. The summed E-state index contributed by atoms with van der Waals surface area (Å²) in [6.07, 6.45) is 0. The molecule has 0 aliphatic rings. The van der Waals surface area contributed by atoms with E-state index in [4.69, 9.17) is 17.3 Å². The second-order valence-corrected chi connectivity index (χ2v) is 6.06. The van der Waals surface area contributed by atoms with Gasteiger partial charge in [-0.15, -0.1) is 11.8 Å². The highest BCUT2D eigenvalue weighted by Gasteiger charge is 2.04. The summed E-state index contributed by atoms with van der Waals surface area (Å²) in [5, 5.41) is 0.144. The number of rotatable bonds is 3. The van der Waals surface area contributed by atoms with E-state index in [0.717, 1.165) is 20.6 Å². The van der Waals surface area contributed by atoms with Crippen LogP contribution in [0.4, 0.5) is 10.1 Å². The van der Waals surface area contributed by atoms with Crippen LogP contribution in [0.25, 0.3) is 0 Å². The summed E-state index contributed by atoms with van der Waals surface area (Å²) in [5.41, 5.74) is 7.47. The number of anilines is 1.